The first kappa shape index (κ1) is 26.4. The second-order valence-electron chi connectivity index (χ2n) is 8.64. The van der Waals surface area contributed by atoms with Gasteiger partial charge in [0.1, 0.15) is 24.7 Å². The highest BCUT2D eigenvalue weighted by Gasteiger charge is 2.29. The van der Waals surface area contributed by atoms with Crippen LogP contribution in [0.5, 0.6) is 0 Å². The monoisotopic (exact) mass is 516 g/mol. The van der Waals surface area contributed by atoms with E-state index in [1.807, 2.05) is 6.92 Å². The summed E-state index contributed by atoms with van der Waals surface area (Å²) in [6, 6.07) is 13.4. The highest BCUT2D eigenvalue weighted by Crippen LogP contribution is 2.24. The molecule has 4 rings (SSSR count). The lowest BCUT2D eigenvalue weighted by Crippen LogP contribution is -2.52. The molecular formula is C28H26F2N6O2. The SMILES string of the molecule is CC=C(C=C(C#N)CC)N1CCN(C(=O)Cn2nc(-c3ccc(F)cc3)nc2-c2ccc(F)cc2)CC1=O. The number of aromatic nitrogens is 3. The van der Waals surface area contributed by atoms with Crippen LogP contribution in [-0.2, 0) is 16.1 Å². The van der Waals surface area contributed by atoms with Crippen LogP contribution in [0, 0.1) is 23.0 Å². The molecule has 1 aliphatic rings. The minimum atomic E-state index is -0.415. The van der Waals surface area contributed by atoms with Gasteiger partial charge in [-0.3, -0.25) is 9.59 Å². The Kier molecular flexibility index (Phi) is 8.06. The molecule has 1 aliphatic heterocycles. The molecule has 1 aromatic heterocycles. The number of piperazine rings is 1. The van der Waals surface area contributed by atoms with Crippen molar-refractivity contribution >= 4 is 11.8 Å². The summed E-state index contributed by atoms with van der Waals surface area (Å²) in [5.74, 6) is -0.782. The highest BCUT2D eigenvalue weighted by molar-refractivity contribution is 5.87. The molecule has 38 heavy (non-hydrogen) atoms. The fraction of sp³-hybridized carbons (Fsp3) is 0.250. The lowest BCUT2D eigenvalue weighted by Gasteiger charge is -2.35. The zero-order valence-corrected chi connectivity index (χ0v) is 21.1. The topological polar surface area (TPSA) is 95.1 Å². The van der Waals surface area contributed by atoms with E-state index >= 15 is 0 Å². The second kappa shape index (κ2) is 11.6. The summed E-state index contributed by atoms with van der Waals surface area (Å²) in [7, 11) is 0. The Morgan fingerprint density at radius 2 is 1.68 bits per heavy atom. The molecule has 2 amide bonds. The van der Waals surface area contributed by atoms with Crippen molar-refractivity contribution in [1.29, 1.82) is 5.26 Å². The van der Waals surface area contributed by atoms with Crippen molar-refractivity contribution in [2.45, 2.75) is 26.8 Å². The molecule has 10 heteroatoms. The Balaban J connectivity index is 1.55. The van der Waals surface area contributed by atoms with Gasteiger partial charge < -0.3 is 9.80 Å². The normalized spacial score (nSPS) is 14.6. The molecule has 8 nitrogen and oxygen atoms in total. The van der Waals surface area contributed by atoms with Crippen molar-refractivity contribution in [3.8, 4) is 28.8 Å². The van der Waals surface area contributed by atoms with E-state index in [-0.39, 0.29) is 37.3 Å². The molecule has 1 saturated heterocycles. The van der Waals surface area contributed by atoms with Gasteiger partial charge >= 0.3 is 0 Å². The van der Waals surface area contributed by atoms with Crippen molar-refractivity contribution in [1.82, 2.24) is 24.6 Å². The number of rotatable bonds is 7. The Hall–Kier alpha value is -4.65. The van der Waals surface area contributed by atoms with E-state index in [0.717, 1.165) is 0 Å². The number of nitriles is 1. The lowest BCUT2D eigenvalue weighted by molar-refractivity contribution is -0.144. The predicted molar refractivity (Wildman–Crippen MR) is 137 cm³/mol. The van der Waals surface area contributed by atoms with E-state index in [0.29, 0.717) is 41.2 Å². The number of carbonyl (C=O) groups excluding carboxylic acids is 2. The quantitative estimate of drug-likeness (QED) is 0.344. The van der Waals surface area contributed by atoms with Gasteiger partial charge in [-0.2, -0.15) is 5.26 Å². The Morgan fingerprint density at radius 3 is 2.24 bits per heavy atom. The number of carbonyl (C=O) groups is 2. The van der Waals surface area contributed by atoms with Gasteiger partial charge in [0.25, 0.3) is 0 Å². The Labute approximate surface area is 219 Å². The minimum Gasteiger partial charge on any atom is -0.330 e. The molecule has 1 fully saturated rings. The van der Waals surface area contributed by atoms with Gasteiger partial charge in [-0.25, -0.2) is 18.4 Å². The van der Waals surface area contributed by atoms with Crippen LogP contribution in [0.1, 0.15) is 20.3 Å². The molecular weight excluding hydrogens is 490 g/mol. The summed E-state index contributed by atoms with van der Waals surface area (Å²) in [6.07, 6.45) is 4.01. The maximum absolute atomic E-state index is 13.5. The number of hydrogen-bond acceptors (Lipinski definition) is 5. The molecule has 0 saturated carbocycles. The van der Waals surface area contributed by atoms with Gasteiger partial charge in [0.2, 0.25) is 11.8 Å². The Bertz CT molecular complexity index is 1440. The van der Waals surface area contributed by atoms with Gasteiger partial charge in [-0.1, -0.05) is 13.0 Å². The molecule has 0 atom stereocenters. The van der Waals surface area contributed by atoms with Crippen LogP contribution >= 0.6 is 0 Å². The third kappa shape index (κ3) is 5.83. The standard InChI is InChI=1S/C28H26F2N6O2/c1-3-19(16-31)15-24(4-2)35-14-13-34(17-26(35)38)25(37)18-36-28(21-7-11-23(30)12-8-21)32-27(33-36)20-5-9-22(29)10-6-20/h4-12,15H,3,13-14,17-18H2,1-2H3. The molecule has 0 unspecified atom stereocenters. The van der Waals surface area contributed by atoms with Gasteiger partial charge in [-0.05, 0) is 68.0 Å². The van der Waals surface area contributed by atoms with Crippen LogP contribution in [-0.4, -0.2) is 56.0 Å². The van der Waals surface area contributed by atoms with Crippen LogP contribution in [0.3, 0.4) is 0 Å². The number of halogens is 2. The average Bonchev–Trinajstić information content (AvgIpc) is 3.34. The molecule has 2 heterocycles. The average molecular weight is 517 g/mol. The lowest BCUT2D eigenvalue weighted by atomic mass is 10.1. The van der Waals surface area contributed by atoms with E-state index < -0.39 is 11.6 Å². The van der Waals surface area contributed by atoms with Crippen molar-refractivity contribution in [3.63, 3.8) is 0 Å². The summed E-state index contributed by atoms with van der Waals surface area (Å²) in [5, 5.41) is 13.7. The molecule has 0 N–H and O–H groups in total. The summed E-state index contributed by atoms with van der Waals surface area (Å²) in [5.41, 5.74) is 2.29. The maximum Gasteiger partial charge on any atom is 0.246 e. The molecule has 0 spiro atoms. The fourth-order valence-electron chi connectivity index (χ4n) is 4.08. The molecule has 0 radical (unpaired) electrons. The predicted octanol–water partition coefficient (Wildman–Crippen LogP) is 4.32. The minimum absolute atomic E-state index is 0.122. The fourth-order valence-corrected chi connectivity index (χ4v) is 4.08. The summed E-state index contributed by atoms with van der Waals surface area (Å²) in [4.78, 5) is 33.7. The zero-order valence-electron chi connectivity index (χ0n) is 21.1. The molecule has 3 aromatic rings. The maximum atomic E-state index is 13.5. The largest absolute Gasteiger partial charge is 0.330 e. The van der Waals surface area contributed by atoms with E-state index in [4.69, 9.17) is 0 Å². The van der Waals surface area contributed by atoms with Crippen molar-refractivity contribution in [3.05, 3.63) is 83.6 Å². The summed E-state index contributed by atoms with van der Waals surface area (Å²) in [6.45, 7) is 3.93. The first-order chi connectivity index (χ1) is 18.3. The summed E-state index contributed by atoms with van der Waals surface area (Å²) >= 11 is 0. The van der Waals surface area contributed by atoms with Gasteiger partial charge in [0.15, 0.2) is 11.6 Å². The third-order valence-electron chi connectivity index (χ3n) is 6.19. The van der Waals surface area contributed by atoms with Crippen LogP contribution in [0.25, 0.3) is 22.8 Å². The van der Waals surface area contributed by atoms with Crippen molar-refractivity contribution in [2.75, 3.05) is 19.6 Å². The van der Waals surface area contributed by atoms with Gasteiger partial charge in [-0.15, -0.1) is 5.10 Å². The highest BCUT2D eigenvalue weighted by atomic mass is 19.1. The number of benzene rings is 2. The van der Waals surface area contributed by atoms with Gasteiger partial charge in [0.05, 0.1) is 6.07 Å². The van der Waals surface area contributed by atoms with E-state index in [9.17, 15) is 23.6 Å². The number of nitrogens with zero attached hydrogens (tertiary/aromatic N) is 6. The van der Waals surface area contributed by atoms with Crippen LogP contribution in [0.4, 0.5) is 8.78 Å². The molecule has 2 aromatic carbocycles. The molecule has 0 bridgehead atoms. The molecule has 0 aliphatic carbocycles. The first-order valence-corrected chi connectivity index (χ1v) is 12.1. The number of hydrogen-bond donors (Lipinski definition) is 0. The van der Waals surface area contributed by atoms with Crippen molar-refractivity contribution < 1.29 is 18.4 Å². The Morgan fingerprint density at radius 1 is 1.05 bits per heavy atom. The van der Waals surface area contributed by atoms with E-state index in [1.54, 1.807) is 24.0 Å². The smallest absolute Gasteiger partial charge is 0.246 e. The zero-order chi connectivity index (χ0) is 27.2. The van der Waals surface area contributed by atoms with E-state index in [1.165, 1.54) is 58.1 Å². The number of amides is 2. The van der Waals surface area contributed by atoms with Crippen molar-refractivity contribution in [2.24, 2.45) is 0 Å². The van der Waals surface area contributed by atoms with Crippen LogP contribution in [0.2, 0.25) is 0 Å². The van der Waals surface area contributed by atoms with Gasteiger partial charge in [0, 0.05) is 35.5 Å². The van der Waals surface area contributed by atoms with E-state index in [2.05, 4.69) is 16.2 Å². The molecule has 194 valence electrons. The second-order valence-corrected chi connectivity index (χ2v) is 8.64. The number of allylic oxidation sites excluding steroid dienone is 3. The van der Waals surface area contributed by atoms with Crippen LogP contribution < -0.4 is 0 Å². The first-order valence-electron chi connectivity index (χ1n) is 12.1. The van der Waals surface area contributed by atoms with Crippen LogP contribution in [0.15, 0.2) is 72.0 Å². The third-order valence-corrected chi connectivity index (χ3v) is 6.19. The summed E-state index contributed by atoms with van der Waals surface area (Å²) < 4.78 is 28.3.